The zero-order valence-electron chi connectivity index (χ0n) is 20.9. The lowest BCUT2D eigenvalue weighted by atomic mass is 9.80. The number of hydrogen-bond donors (Lipinski definition) is 0. The van der Waals surface area contributed by atoms with Crippen LogP contribution >= 0.6 is 0 Å². The normalized spacial score (nSPS) is 17.3. The Morgan fingerprint density at radius 2 is 1.09 bits per heavy atom. The standard InChI is InChI=1S/C33H32O2/c1-32(2)31(23-30(24-13-7-5-8-14-24)25-15-9-6-10-16-25)33(32,26-17-11-19-28(21-26)34-3)27-18-12-20-29(22-27)35-4/h5-23,31H,1-4H3. The molecule has 0 bridgehead atoms. The molecule has 35 heavy (non-hydrogen) atoms. The van der Waals surface area contributed by atoms with Crippen molar-refractivity contribution in [1.82, 2.24) is 0 Å². The molecular weight excluding hydrogens is 428 g/mol. The zero-order chi connectivity index (χ0) is 24.5. The summed E-state index contributed by atoms with van der Waals surface area (Å²) < 4.78 is 11.3. The molecule has 4 aromatic carbocycles. The van der Waals surface area contributed by atoms with Crippen LogP contribution in [0.25, 0.3) is 5.57 Å². The molecule has 0 amide bonds. The van der Waals surface area contributed by atoms with Crippen LogP contribution in [0.15, 0.2) is 115 Å². The Morgan fingerprint density at radius 1 is 0.629 bits per heavy atom. The van der Waals surface area contributed by atoms with Crippen LogP contribution in [-0.4, -0.2) is 14.2 Å². The Balaban J connectivity index is 1.74. The first-order valence-corrected chi connectivity index (χ1v) is 12.1. The molecule has 0 N–H and O–H groups in total. The van der Waals surface area contributed by atoms with Crippen molar-refractivity contribution in [2.24, 2.45) is 11.3 Å². The molecule has 0 aromatic heterocycles. The lowest BCUT2D eigenvalue weighted by molar-refractivity contribution is 0.411. The molecule has 0 aliphatic heterocycles. The molecular formula is C33H32O2. The molecule has 4 aromatic rings. The van der Waals surface area contributed by atoms with Crippen LogP contribution in [0, 0.1) is 11.3 Å². The zero-order valence-corrected chi connectivity index (χ0v) is 20.9. The third-order valence-corrected chi connectivity index (χ3v) is 7.73. The van der Waals surface area contributed by atoms with Crippen molar-refractivity contribution in [3.8, 4) is 11.5 Å². The van der Waals surface area contributed by atoms with Crippen LogP contribution in [0.4, 0.5) is 0 Å². The average Bonchev–Trinajstić information content (AvgIpc) is 3.42. The molecule has 0 radical (unpaired) electrons. The van der Waals surface area contributed by atoms with Gasteiger partial charge in [0.05, 0.1) is 14.2 Å². The summed E-state index contributed by atoms with van der Waals surface area (Å²) in [6.07, 6.45) is 2.49. The Morgan fingerprint density at radius 3 is 1.51 bits per heavy atom. The molecule has 5 rings (SSSR count). The highest BCUT2D eigenvalue weighted by atomic mass is 16.5. The van der Waals surface area contributed by atoms with Gasteiger partial charge in [-0.1, -0.05) is 105 Å². The van der Waals surface area contributed by atoms with Gasteiger partial charge in [0, 0.05) is 5.41 Å². The van der Waals surface area contributed by atoms with Crippen molar-refractivity contribution in [1.29, 1.82) is 0 Å². The number of benzene rings is 4. The van der Waals surface area contributed by atoms with E-state index in [1.165, 1.54) is 27.8 Å². The second kappa shape index (κ2) is 9.11. The van der Waals surface area contributed by atoms with E-state index in [0.717, 1.165) is 11.5 Å². The highest BCUT2D eigenvalue weighted by Crippen LogP contribution is 2.74. The molecule has 1 unspecified atom stereocenters. The van der Waals surface area contributed by atoms with E-state index in [-0.39, 0.29) is 16.7 Å². The van der Waals surface area contributed by atoms with Crippen molar-refractivity contribution < 1.29 is 9.47 Å². The summed E-state index contributed by atoms with van der Waals surface area (Å²) in [5.74, 6) is 2.02. The third-order valence-electron chi connectivity index (χ3n) is 7.73. The topological polar surface area (TPSA) is 18.5 Å². The van der Waals surface area contributed by atoms with Crippen LogP contribution in [0.1, 0.15) is 36.1 Å². The fourth-order valence-corrected chi connectivity index (χ4v) is 5.90. The number of methoxy groups -OCH3 is 2. The summed E-state index contributed by atoms with van der Waals surface area (Å²) in [5, 5.41) is 0. The van der Waals surface area contributed by atoms with Gasteiger partial charge in [0.1, 0.15) is 11.5 Å². The molecule has 1 fully saturated rings. The first kappa shape index (κ1) is 23.0. The van der Waals surface area contributed by atoms with Crippen molar-refractivity contribution in [3.05, 3.63) is 138 Å². The Bertz CT molecular complexity index is 1250. The van der Waals surface area contributed by atoms with Crippen LogP contribution in [0.2, 0.25) is 0 Å². The third kappa shape index (κ3) is 3.83. The second-order valence-corrected chi connectivity index (χ2v) is 9.78. The number of ether oxygens (including phenoxy) is 2. The highest BCUT2D eigenvalue weighted by Gasteiger charge is 2.71. The van der Waals surface area contributed by atoms with E-state index in [9.17, 15) is 0 Å². The van der Waals surface area contributed by atoms with Gasteiger partial charge in [0.2, 0.25) is 0 Å². The van der Waals surface area contributed by atoms with Gasteiger partial charge in [-0.15, -0.1) is 0 Å². The molecule has 0 heterocycles. The van der Waals surface area contributed by atoms with E-state index in [1.54, 1.807) is 14.2 Å². The maximum Gasteiger partial charge on any atom is 0.119 e. The summed E-state index contributed by atoms with van der Waals surface area (Å²) >= 11 is 0. The molecule has 0 saturated heterocycles. The first-order chi connectivity index (χ1) is 17.0. The van der Waals surface area contributed by atoms with Gasteiger partial charge < -0.3 is 9.47 Å². The van der Waals surface area contributed by atoms with Crippen molar-refractivity contribution >= 4 is 5.57 Å². The lowest BCUT2D eigenvalue weighted by Crippen LogP contribution is -2.17. The van der Waals surface area contributed by atoms with Gasteiger partial charge in [0.15, 0.2) is 0 Å². The van der Waals surface area contributed by atoms with E-state index in [4.69, 9.17) is 9.47 Å². The molecule has 1 saturated carbocycles. The Kier molecular flexibility index (Phi) is 5.98. The van der Waals surface area contributed by atoms with Gasteiger partial charge in [-0.05, 0) is 63.4 Å². The fourth-order valence-electron chi connectivity index (χ4n) is 5.90. The van der Waals surface area contributed by atoms with Gasteiger partial charge in [-0.25, -0.2) is 0 Å². The van der Waals surface area contributed by atoms with E-state index in [2.05, 4.69) is 117 Å². The molecule has 1 atom stereocenters. The van der Waals surface area contributed by atoms with Crippen molar-refractivity contribution in [3.63, 3.8) is 0 Å². The SMILES string of the molecule is COc1cccc(C2(c3cccc(OC)c3)C(C=C(c3ccccc3)c3ccccc3)C2(C)C)c1. The number of rotatable bonds is 7. The van der Waals surface area contributed by atoms with Gasteiger partial charge in [0.25, 0.3) is 0 Å². The van der Waals surface area contributed by atoms with Crippen molar-refractivity contribution in [2.45, 2.75) is 19.3 Å². The van der Waals surface area contributed by atoms with Gasteiger partial charge >= 0.3 is 0 Å². The smallest absolute Gasteiger partial charge is 0.119 e. The molecule has 1 aliphatic rings. The maximum atomic E-state index is 5.64. The minimum Gasteiger partial charge on any atom is -0.497 e. The Labute approximate surface area is 208 Å². The summed E-state index contributed by atoms with van der Waals surface area (Å²) in [6, 6.07) is 38.5. The molecule has 1 aliphatic carbocycles. The predicted octanol–water partition coefficient (Wildman–Crippen LogP) is 7.78. The summed E-state index contributed by atoms with van der Waals surface area (Å²) in [5.41, 5.74) is 5.99. The van der Waals surface area contributed by atoms with Crippen molar-refractivity contribution in [2.75, 3.05) is 14.2 Å². The summed E-state index contributed by atoms with van der Waals surface area (Å²) in [4.78, 5) is 0. The van der Waals surface area contributed by atoms with Crippen LogP contribution in [-0.2, 0) is 5.41 Å². The largest absolute Gasteiger partial charge is 0.497 e. The minimum atomic E-state index is -0.217. The minimum absolute atomic E-state index is 0.0272. The van der Waals surface area contributed by atoms with E-state index >= 15 is 0 Å². The summed E-state index contributed by atoms with van der Waals surface area (Å²) in [6.45, 7) is 4.75. The van der Waals surface area contributed by atoms with E-state index < -0.39 is 0 Å². The molecule has 2 heteroatoms. The van der Waals surface area contributed by atoms with Crippen LogP contribution in [0.5, 0.6) is 11.5 Å². The second-order valence-electron chi connectivity index (χ2n) is 9.78. The van der Waals surface area contributed by atoms with E-state index in [0.29, 0.717) is 0 Å². The van der Waals surface area contributed by atoms with Crippen LogP contribution in [0.3, 0.4) is 0 Å². The van der Waals surface area contributed by atoms with E-state index in [1.807, 2.05) is 12.1 Å². The number of allylic oxidation sites excluding steroid dienone is 1. The monoisotopic (exact) mass is 460 g/mol. The highest BCUT2D eigenvalue weighted by molar-refractivity contribution is 5.81. The summed E-state index contributed by atoms with van der Waals surface area (Å²) in [7, 11) is 3.46. The fraction of sp³-hybridized carbons (Fsp3) is 0.212. The molecule has 176 valence electrons. The predicted molar refractivity (Wildman–Crippen MR) is 144 cm³/mol. The quantitative estimate of drug-likeness (QED) is 0.280. The lowest BCUT2D eigenvalue weighted by Gasteiger charge is -2.23. The van der Waals surface area contributed by atoms with Gasteiger partial charge in [-0.3, -0.25) is 0 Å². The molecule has 2 nitrogen and oxygen atoms in total. The number of hydrogen-bond acceptors (Lipinski definition) is 2. The molecule has 0 spiro atoms. The first-order valence-electron chi connectivity index (χ1n) is 12.1. The Hall–Kier alpha value is -3.78. The van der Waals surface area contributed by atoms with Gasteiger partial charge in [-0.2, -0.15) is 0 Å². The maximum absolute atomic E-state index is 5.64. The average molecular weight is 461 g/mol. The van der Waals surface area contributed by atoms with Crippen LogP contribution < -0.4 is 9.47 Å².